The number of nitrogens with one attached hydrogen (secondary N) is 1. The number of aromatic nitrogens is 6. The Balaban J connectivity index is 1.33. The number of H-pyrrole nitrogens is 1. The van der Waals surface area contributed by atoms with Gasteiger partial charge in [0.15, 0.2) is 0 Å². The lowest BCUT2D eigenvalue weighted by atomic mass is 9.99. The first-order valence-electron chi connectivity index (χ1n) is 11.5. The maximum Gasteiger partial charge on any atom is 0.292 e. The van der Waals surface area contributed by atoms with Crippen molar-refractivity contribution in [3.05, 3.63) is 89.7 Å². The predicted octanol–water partition coefficient (Wildman–Crippen LogP) is 3.77. The van der Waals surface area contributed by atoms with E-state index in [9.17, 15) is 4.79 Å². The van der Waals surface area contributed by atoms with E-state index in [0.29, 0.717) is 30.3 Å². The molecule has 1 unspecified atom stereocenters. The molecule has 0 bridgehead atoms. The van der Waals surface area contributed by atoms with Crippen LogP contribution in [0.2, 0.25) is 0 Å². The molecule has 6 heterocycles. The standard InChI is InChI=1S/C25H21N7O2/c33-25(23-20(15-7-8-15)29-24(34-23)18-6-1-3-10-26-18)31-12-9-17-21(28-14-27-17)22(31)19-13-16-5-2-4-11-32(16)30-19/h1-6,10-11,13-15,22H,7-9,12H2,(H,27,28). The van der Waals surface area contributed by atoms with Gasteiger partial charge in [0.05, 0.1) is 28.9 Å². The summed E-state index contributed by atoms with van der Waals surface area (Å²) in [5.74, 6) is 0.746. The molecule has 1 amide bonds. The molecule has 0 radical (unpaired) electrons. The highest BCUT2D eigenvalue weighted by atomic mass is 16.4. The summed E-state index contributed by atoms with van der Waals surface area (Å²) in [6, 6.07) is 13.1. The highest BCUT2D eigenvalue weighted by Gasteiger charge is 2.41. The maximum absolute atomic E-state index is 14.0. The Labute approximate surface area is 194 Å². The second-order valence-corrected chi connectivity index (χ2v) is 8.78. The first-order chi connectivity index (χ1) is 16.8. The first kappa shape index (κ1) is 19.2. The van der Waals surface area contributed by atoms with Gasteiger partial charge in [-0.05, 0) is 43.2 Å². The third-order valence-corrected chi connectivity index (χ3v) is 6.55. The minimum absolute atomic E-state index is 0.188. The van der Waals surface area contributed by atoms with Gasteiger partial charge in [-0.3, -0.25) is 9.78 Å². The fourth-order valence-corrected chi connectivity index (χ4v) is 4.73. The Kier molecular flexibility index (Phi) is 4.17. The molecule has 0 aromatic carbocycles. The number of hydrogen-bond donors (Lipinski definition) is 1. The molecule has 1 fully saturated rings. The molecule has 1 N–H and O–H groups in total. The Morgan fingerprint density at radius 2 is 2.00 bits per heavy atom. The van der Waals surface area contributed by atoms with Gasteiger partial charge in [0, 0.05) is 37.0 Å². The van der Waals surface area contributed by atoms with Gasteiger partial charge < -0.3 is 14.3 Å². The minimum atomic E-state index is -0.419. The molecule has 7 rings (SSSR count). The van der Waals surface area contributed by atoms with Crippen LogP contribution in [0.3, 0.4) is 0 Å². The molecule has 1 aliphatic carbocycles. The van der Waals surface area contributed by atoms with Crippen molar-refractivity contribution in [3.63, 3.8) is 0 Å². The Morgan fingerprint density at radius 1 is 1.09 bits per heavy atom. The number of pyridine rings is 2. The van der Waals surface area contributed by atoms with Crippen molar-refractivity contribution in [1.29, 1.82) is 0 Å². The maximum atomic E-state index is 14.0. The average Bonchev–Trinajstić information content (AvgIpc) is 3.28. The summed E-state index contributed by atoms with van der Waals surface area (Å²) >= 11 is 0. The Hall–Kier alpha value is -4.27. The van der Waals surface area contributed by atoms with Crippen molar-refractivity contribution in [2.45, 2.75) is 31.2 Å². The summed E-state index contributed by atoms with van der Waals surface area (Å²) in [6.45, 7) is 0.524. The predicted molar refractivity (Wildman–Crippen MR) is 122 cm³/mol. The Morgan fingerprint density at radius 3 is 2.82 bits per heavy atom. The number of oxazole rings is 1. The normalized spacial score (nSPS) is 17.8. The van der Waals surface area contributed by atoms with Crippen molar-refractivity contribution >= 4 is 11.4 Å². The van der Waals surface area contributed by atoms with Gasteiger partial charge in [-0.15, -0.1) is 0 Å². The molecule has 2 aliphatic rings. The average molecular weight is 451 g/mol. The van der Waals surface area contributed by atoms with Crippen LogP contribution in [0.15, 0.2) is 65.6 Å². The van der Waals surface area contributed by atoms with E-state index in [1.54, 1.807) is 12.5 Å². The molecule has 0 saturated heterocycles. The Bertz CT molecular complexity index is 1480. The summed E-state index contributed by atoms with van der Waals surface area (Å²) in [4.78, 5) is 32.7. The van der Waals surface area contributed by atoms with E-state index < -0.39 is 6.04 Å². The van der Waals surface area contributed by atoms with Crippen LogP contribution in [0.1, 0.15) is 58.1 Å². The van der Waals surface area contributed by atoms with Gasteiger partial charge in [-0.2, -0.15) is 5.10 Å². The van der Waals surface area contributed by atoms with Crippen LogP contribution >= 0.6 is 0 Å². The van der Waals surface area contributed by atoms with E-state index in [4.69, 9.17) is 14.5 Å². The summed E-state index contributed by atoms with van der Waals surface area (Å²) < 4.78 is 7.93. The van der Waals surface area contributed by atoms with E-state index >= 15 is 0 Å². The van der Waals surface area contributed by atoms with Crippen molar-refractivity contribution in [3.8, 4) is 11.6 Å². The third-order valence-electron chi connectivity index (χ3n) is 6.55. The molecular formula is C25H21N7O2. The van der Waals surface area contributed by atoms with E-state index in [1.165, 1.54) is 0 Å². The number of rotatable bonds is 4. The smallest absolute Gasteiger partial charge is 0.292 e. The van der Waals surface area contributed by atoms with Gasteiger partial charge in [0.2, 0.25) is 11.7 Å². The molecular weight excluding hydrogens is 430 g/mol. The molecule has 1 atom stereocenters. The van der Waals surface area contributed by atoms with Crippen LogP contribution in [0, 0.1) is 0 Å². The SMILES string of the molecule is O=C(c1oc(-c2ccccn2)nc1C1CC1)N1CCc2[nH]cnc2C1c1cc2ccccn2n1. The quantitative estimate of drug-likeness (QED) is 0.446. The zero-order chi connectivity index (χ0) is 22.6. The lowest BCUT2D eigenvalue weighted by Gasteiger charge is -2.33. The summed E-state index contributed by atoms with van der Waals surface area (Å²) in [5.41, 5.74) is 4.93. The molecule has 5 aromatic rings. The minimum Gasteiger partial charge on any atom is -0.429 e. The number of imidazole rings is 1. The van der Waals surface area contributed by atoms with Crippen LogP contribution in [-0.2, 0) is 6.42 Å². The van der Waals surface area contributed by atoms with Crippen molar-refractivity contribution in [2.75, 3.05) is 6.54 Å². The molecule has 34 heavy (non-hydrogen) atoms. The number of carbonyl (C=O) groups is 1. The molecule has 168 valence electrons. The second-order valence-electron chi connectivity index (χ2n) is 8.78. The topological polar surface area (TPSA) is 105 Å². The third kappa shape index (κ3) is 3.04. The van der Waals surface area contributed by atoms with Crippen LogP contribution in [0.4, 0.5) is 0 Å². The highest BCUT2D eigenvalue weighted by Crippen LogP contribution is 2.43. The number of carbonyl (C=O) groups excluding carboxylic acids is 1. The monoisotopic (exact) mass is 451 g/mol. The van der Waals surface area contributed by atoms with E-state index in [1.807, 2.05) is 58.1 Å². The van der Waals surface area contributed by atoms with Gasteiger partial charge in [-0.25, -0.2) is 14.5 Å². The summed E-state index contributed by atoms with van der Waals surface area (Å²) in [7, 11) is 0. The molecule has 1 aliphatic heterocycles. The van der Waals surface area contributed by atoms with E-state index in [0.717, 1.165) is 41.1 Å². The van der Waals surface area contributed by atoms with Gasteiger partial charge in [-0.1, -0.05) is 12.1 Å². The van der Waals surface area contributed by atoms with Gasteiger partial charge >= 0.3 is 0 Å². The van der Waals surface area contributed by atoms with Crippen molar-refractivity contribution < 1.29 is 9.21 Å². The number of fused-ring (bicyclic) bond motifs is 2. The van der Waals surface area contributed by atoms with Crippen molar-refractivity contribution in [2.24, 2.45) is 0 Å². The fourth-order valence-electron chi connectivity index (χ4n) is 4.73. The van der Waals surface area contributed by atoms with Crippen molar-refractivity contribution in [1.82, 2.24) is 34.4 Å². The lowest BCUT2D eigenvalue weighted by Crippen LogP contribution is -2.41. The number of hydrogen-bond acceptors (Lipinski definition) is 6. The molecule has 1 saturated carbocycles. The zero-order valence-electron chi connectivity index (χ0n) is 18.3. The molecule has 0 spiro atoms. The number of aromatic amines is 1. The van der Waals surface area contributed by atoms with Gasteiger partial charge in [0.25, 0.3) is 5.91 Å². The number of amides is 1. The second kappa shape index (κ2) is 7.38. The molecule has 5 aromatic heterocycles. The fraction of sp³-hybridized carbons (Fsp3) is 0.240. The highest BCUT2D eigenvalue weighted by molar-refractivity contribution is 5.94. The summed E-state index contributed by atoms with van der Waals surface area (Å²) in [6.07, 6.45) is 7.98. The molecule has 9 heteroatoms. The van der Waals surface area contributed by atoms with Crippen LogP contribution < -0.4 is 0 Å². The van der Waals surface area contributed by atoms with E-state index in [-0.39, 0.29) is 11.8 Å². The van der Waals surface area contributed by atoms with Crippen LogP contribution in [-0.4, -0.2) is 46.9 Å². The lowest BCUT2D eigenvalue weighted by molar-refractivity contribution is 0.0653. The molecule has 9 nitrogen and oxygen atoms in total. The van der Waals surface area contributed by atoms with Crippen LogP contribution in [0.25, 0.3) is 17.1 Å². The number of nitrogens with zero attached hydrogens (tertiary/aromatic N) is 6. The van der Waals surface area contributed by atoms with E-state index in [2.05, 4.69) is 15.0 Å². The largest absolute Gasteiger partial charge is 0.429 e. The van der Waals surface area contributed by atoms with Crippen LogP contribution in [0.5, 0.6) is 0 Å². The zero-order valence-corrected chi connectivity index (χ0v) is 18.3. The summed E-state index contributed by atoms with van der Waals surface area (Å²) in [5, 5.41) is 4.78. The first-order valence-corrected chi connectivity index (χ1v) is 11.5. The van der Waals surface area contributed by atoms with Gasteiger partial charge in [0.1, 0.15) is 11.7 Å².